The highest BCUT2D eigenvalue weighted by atomic mass is 35.5. The van der Waals surface area contributed by atoms with Crippen molar-refractivity contribution in [2.24, 2.45) is 0 Å². The molecule has 0 amide bonds. The van der Waals surface area contributed by atoms with Crippen molar-refractivity contribution >= 4 is 17.3 Å². The van der Waals surface area contributed by atoms with Crippen LogP contribution in [0.3, 0.4) is 0 Å². The van der Waals surface area contributed by atoms with Crippen molar-refractivity contribution < 1.29 is 4.39 Å². The molecule has 2 N–H and O–H groups in total. The predicted molar refractivity (Wildman–Crippen MR) is 78.2 cm³/mol. The van der Waals surface area contributed by atoms with E-state index in [1.54, 1.807) is 16.8 Å². The summed E-state index contributed by atoms with van der Waals surface area (Å²) in [6, 6.07) is 11.6. The van der Waals surface area contributed by atoms with Crippen molar-refractivity contribution in [3.63, 3.8) is 0 Å². The zero-order valence-corrected chi connectivity index (χ0v) is 11.6. The minimum atomic E-state index is -0.433. The maximum Gasteiger partial charge on any atom is 0.182 e. The van der Waals surface area contributed by atoms with Crippen LogP contribution in [0.2, 0.25) is 5.02 Å². The lowest BCUT2D eigenvalue weighted by Crippen LogP contribution is -2.05. The van der Waals surface area contributed by atoms with Gasteiger partial charge in [-0.1, -0.05) is 29.8 Å². The summed E-state index contributed by atoms with van der Waals surface area (Å²) >= 11 is 6.13. The summed E-state index contributed by atoms with van der Waals surface area (Å²) in [6.45, 7) is 0.387. The van der Waals surface area contributed by atoms with Crippen molar-refractivity contribution in [1.82, 2.24) is 20.2 Å². The van der Waals surface area contributed by atoms with Gasteiger partial charge in [0.05, 0.1) is 6.54 Å². The minimum Gasteiger partial charge on any atom is -0.399 e. The lowest BCUT2D eigenvalue weighted by molar-refractivity contribution is 0.627. The highest BCUT2D eigenvalue weighted by Crippen LogP contribution is 2.22. The van der Waals surface area contributed by atoms with Gasteiger partial charge >= 0.3 is 0 Å². The Morgan fingerprint density at radius 3 is 2.76 bits per heavy atom. The standard InChI is InChI=1S/C14H11ClFN5/c15-13-4-2-1-3-9(13)8-21-14(18-19-20-21)10-5-11(16)7-12(17)6-10/h1-7H,8,17H2. The largest absolute Gasteiger partial charge is 0.399 e. The number of halogens is 2. The third-order valence-electron chi connectivity index (χ3n) is 2.99. The van der Waals surface area contributed by atoms with Crippen molar-refractivity contribution in [3.8, 4) is 11.4 Å². The van der Waals surface area contributed by atoms with Crippen LogP contribution in [0.25, 0.3) is 11.4 Å². The molecule has 21 heavy (non-hydrogen) atoms. The number of hydrogen-bond acceptors (Lipinski definition) is 4. The van der Waals surface area contributed by atoms with E-state index in [9.17, 15) is 4.39 Å². The maximum absolute atomic E-state index is 13.5. The molecule has 0 bridgehead atoms. The van der Waals surface area contributed by atoms with Crippen LogP contribution in [0.1, 0.15) is 5.56 Å². The van der Waals surface area contributed by atoms with Crippen molar-refractivity contribution in [2.75, 3.05) is 5.73 Å². The summed E-state index contributed by atoms with van der Waals surface area (Å²) < 4.78 is 15.0. The zero-order chi connectivity index (χ0) is 14.8. The molecule has 0 saturated carbocycles. The monoisotopic (exact) mass is 303 g/mol. The van der Waals surface area contributed by atoms with Crippen LogP contribution in [0, 0.1) is 5.82 Å². The Kier molecular flexibility index (Phi) is 3.53. The Labute approximate surface area is 125 Å². The number of nitrogens with two attached hydrogens (primary N) is 1. The van der Waals surface area contributed by atoms with E-state index in [4.69, 9.17) is 17.3 Å². The third kappa shape index (κ3) is 2.85. The smallest absolute Gasteiger partial charge is 0.182 e. The van der Waals surface area contributed by atoms with Gasteiger partial charge in [-0.15, -0.1) is 5.10 Å². The molecule has 3 rings (SSSR count). The molecule has 1 heterocycles. The van der Waals surface area contributed by atoms with Gasteiger partial charge in [0, 0.05) is 16.3 Å². The van der Waals surface area contributed by atoms with E-state index in [1.165, 1.54) is 12.1 Å². The molecule has 2 aromatic carbocycles. The number of anilines is 1. The molecule has 0 radical (unpaired) electrons. The maximum atomic E-state index is 13.5. The van der Waals surface area contributed by atoms with Crippen LogP contribution >= 0.6 is 11.6 Å². The molecular formula is C14H11ClFN5. The second-order valence-electron chi connectivity index (χ2n) is 4.52. The van der Waals surface area contributed by atoms with E-state index in [0.717, 1.165) is 5.56 Å². The fourth-order valence-corrected chi connectivity index (χ4v) is 2.24. The van der Waals surface area contributed by atoms with Crippen LogP contribution < -0.4 is 5.73 Å². The number of nitrogens with zero attached hydrogens (tertiary/aromatic N) is 4. The third-order valence-corrected chi connectivity index (χ3v) is 3.36. The number of benzene rings is 2. The summed E-state index contributed by atoms with van der Waals surface area (Å²) in [5, 5.41) is 12.1. The highest BCUT2D eigenvalue weighted by molar-refractivity contribution is 6.31. The van der Waals surface area contributed by atoms with E-state index in [-0.39, 0.29) is 0 Å². The minimum absolute atomic E-state index is 0.317. The Balaban J connectivity index is 1.99. The van der Waals surface area contributed by atoms with Crippen molar-refractivity contribution in [1.29, 1.82) is 0 Å². The zero-order valence-electron chi connectivity index (χ0n) is 10.9. The van der Waals surface area contributed by atoms with Gasteiger partial charge in [-0.2, -0.15) is 0 Å². The lowest BCUT2D eigenvalue weighted by Gasteiger charge is -2.07. The summed E-state index contributed by atoms with van der Waals surface area (Å²) in [5.41, 5.74) is 7.36. The number of nitrogen functional groups attached to an aromatic ring is 1. The fourth-order valence-electron chi connectivity index (χ4n) is 2.05. The normalized spacial score (nSPS) is 10.8. The number of hydrogen-bond donors (Lipinski definition) is 1. The Morgan fingerprint density at radius 1 is 1.19 bits per heavy atom. The van der Waals surface area contributed by atoms with Gasteiger partial charge in [-0.3, -0.25) is 0 Å². The average Bonchev–Trinajstić information content (AvgIpc) is 2.88. The number of aromatic nitrogens is 4. The molecule has 5 nitrogen and oxygen atoms in total. The second-order valence-corrected chi connectivity index (χ2v) is 4.93. The van der Waals surface area contributed by atoms with Gasteiger partial charge in [0.25, 0.3) is 0 Å². The van der Waals surface area contributed by atoms with Gasteiger partial charge in [-0.05, 0) is 40.3 Å². The van der Waals surface area contributed by atoms with Crippen LogP contribution in [0.4, 0.5) is 10.1 Å². The van der Waals surface area contributed by atoms with E-state index in [1.807, 2.05) is 18.2 Å². The summed E-state index contributed by atoms with van der Waals surface area (Å²) in [6.07, 6.45) is 0. The van der Waals surface area contributed by atoms with E-state index < -0.39 is 5.82 Å². The second kappa shape index (κ2) is 5.49. The first kappa shape index (κ1) is 13.5. The molecule has 7 heteroatoms. The average molecular weight is 304 g/mol. The van der Waals surface area contributed by atoms with Gasteiger partial charge in [0.2, 0.25) is 0 Å². The Bertz CT molecular complexity index is 766. The van der Waals surface area contributed by atoms with Gasteiger partial charge in [-0.25, -0.2) is 9.07 Å². The number of tetrazole rings is 1. The van der Waals surface area contributed by atoms with E-state index >= 15 is 0 Å². The van der Waals surface area contributed by atoms with Gasteiger partial charge < -0.3 is 5.73 Å². The topological polar surface area (TPSA) is 69.6 Å². The summed E-state index contributed by atoms with van der Waals surface area (Å²) in [5.74, 6) is -0.00147. The van der Waals surface area contributed by atoms with E-state index in [0.29, 0.717) is 28.6 Å². The van der Waals surface area contributed by atoms with Crippen LogP contribution in [-0.4, -0.2) is 20.2 Å². The Morgan fingerprint density at radius 2 is 2.00 bits per heavy atom. The molecule has 1 aromatic heterocycles. The summed E-state index contributed by atoms with van der Waals surface area (Å²) in [4.78, 5) is 0. The molecule has 0 spiro atoms. The van der Waals surface area contributed by atoms with Crippen molar-refractivity contribution in [3.05, 3.63) is 58.9 Å². The quantitative estimate of drug-likeness (QED) is 0.755. The molecule has 0 aliphatic rings. The molecule has 0 saturated heterocycles. The van der Waals surface area contributed by atoms with Crippen LogP contribution in [0.5, 0.6) is 0 Å². The SMILES string of the molecule is Nc1cc(F)cc(-c2nnnn2Cc2ccccc2Cl)c1. The summed E-state index contributed by atoms with van der Waals surface area (Å²) in [7, 11) is 0. The molecule has 0 aliphatic heterocycles. The number of rotatable bonds is 3. The van der Waals surface area contributed by atoms with Crippen LogP contribution in [0.15, 0.2) is 42.5 Å². The first-order valence-electron chi connectivity index (χ1n) is 6.19. The first-order valence-corrected chi connectivity index (χ1v) is 6.57. The molecule has 106 valence electrons. The van der Waals surface area contributed by atoms with Crippen LogP contribution in [-0.2, 0) is 6.54 Å². The van der Waals surface area contributed by atoms with Crippen molar-refractivity contribution in [2.45, 2.75) is 6.54 Å². The fraction of sp³-hybridized carbons (Fsp3) is 0.0714. The molecule has 3 aromatic rings. The molecule has 0 aliphatic carbocycles. The van der Waals surface area contributed by atoms with E-state index in [2.05, 4.69) is 15.5 Å². The molecule has 0 atom stereocenters. The lowest BCUT2D eigenvalue weighted by atomic mass is 10.1. The molecule has 0 fully saturated rings. The predicted octanol–water partition coefficient (Wildman–Crippen LogP) is 2.76. The Hall–Kier alpha value is -2.47. The molecule has 0 unspecified atom stereocenters. The highest BCUT2D eigenvalue weighted by Gasteiger charge is 2.12. The first-order chi connectivity index (χ1) is 10.1. The van der Waals surface area contributed by atoms with Gasteiger partial charge in [0.1, 0.15) is 5.82 Å². The van der Waals surface area contributed by atoms with Gasteiger partial charge in [0.15, 0.2) is 5.82 Å². The molecular weight excluding hydrogens is 293 g/mol.